The second-order valence-corrected chi connectivity index (χ2v) is 12.1. The Morgan fingerprint density at radius 2 is 1.29 bits per heavy atom. The third-order valence-electron chi connectivity index (χ3n) is 10.4. The van der Waals surface area contributed by atoms with E-state index in [1.807, 2.05) is 0 Å². The van der Waals surface area contributed by atoms with Crippen LogP contribution in [-0.4, -0.2) is 4.57 Å². The Labute approximate surface area is 211 Å². The van der Waals surface area contributed by atoms with Crippen LogP contribution < -0.4 is 4.57 Å². The Morgan fingerprint density at radius 3 is 1.94 bits per heavy atom. The molecule has 4 aliphatic rings. The number of benzene rings is 2. The minimum absolute atomic E-state index is 0.189. The number of hydrogen-bond donors (Lipinski definition) is 0. The second kappa shape index (κ2) is 8.36. The van der Waals surface area contributed by atoms with Gasteiger partial charge in [0, 0.05) is 12.5 Å². The van der Waals surface area contributed by atoms with Gasteiger partial charge >= 0.3 is 0 Å². The van der Waals surface area contributed by atoms with Gasteiger partial charge in [0.15, 0.2) is 5.69 Å². The van der Waals surface area contributed by atoms with Crippen LogP contribution in [0.3, 0.4) is 0 Å². The predicted molar refractivity (Wildman–Crippen MR) is 143 cm³/mol. The molecule has 2 aromatic carbocycles. The van der Waals surface area contributed by atoms with E-state index < -0.39 is 0 Å². The summed E-state index contributed by atoms with van der Waals surface area (Å²) in [6, 6.07) is 18.8. The van der Waals surface area contributed by atoms with Gasteiger partial charge in [0.2, 0.25) is 0 Å². The van der Waals surface area contributed by atoms with E-state index in [0.29, 0.717) is 5.92 Å². The van der Waals surface area contributed by atoms with Crippen molar-refractivity contribution in [3.05, 3.63) is 76.9 Å². The average molecular weight is 466 g/mol. The molecule has 7 rings (SSSR count). The highest BCUT2D eigenvalue weighted by atomic mass is 15.2. The Bertz CT molecular complexity index is 1230. The van der Waals surface area contributed by atoms with Crippen LogP contribution in [0.15, 0.2) is 48.5 Å². The minimum Gasteiger partial charge on any atom is -0.196 e. The fourth-order valence-electron chi connectivity index (χ4n) is 9.12. The highest BCUT2D eigenvalue weighted by Gasteiger charge is 2.61. The van der Waals surface area contributed by atoms with Crippen molar-refractivity contribution in [3.63, 3.8) is 0 Å². The molecule has 0 saturated heterocycles. The molecule has 3 fully saturated rings. The molecule has 2 heterocycles. The van der Waals surface area contributed by atoms with Crippen molar-refractivity contribution in [1.29, 1.82) is 0 Å². The van der Waals surface area contributed by atoms with E-state index in [4.69, 9.17) is 0 Å². The van der Waals surface area contributed by atoms with Crippen molar-refractivity contribution in [1.82, 2.24) is 4.57 Å². The summed E-state index contributed by atoms with van der Waals surface area (Å²) in [4.78, 5) is 0. The van der Waals surface area contributed by atoms with Gasteiger partial charge < -0.3 is 0 Å². The van der Waals surface area contributed by atoms with E-state index in [1.54, 1.807) is 17.1 Å². The molecule has 182 valence electrons. The first-order valence-corrected chi connectivity index (χ1v) is 14.6. The SMILES string of the molecule is Cc1ccccc1-n1c(C)c2[n+](c1C1CCCC1)-c1ccccc1C2(C1CCCC1)C1CCCC1. The van der Waals surface area contributed by atoms with E-state index in [9.17, 15) is 0 Å². The molecule has 3 aliphatic carbocycles. The van der Waals surface area contributed by atoms with Crippen LogP contribution in [0.5, 0.6) is 0 Å². The average Bonchev–Trinajstić information content (AvgIpc) is 3.70. The monoisotopic (exact) mass is 465 g/mol. The number of fused-ring (bicyclic) bond motifs is 3. The normalized spacial score (nSPS) is 22.2. The van der Waals surface area contributed by atoms with Crippen LogP contribution >= 0.6 is 0 Å². The molecular weight excluding hydrogens is 424 g/mol. The first kappa shape index (κ1) is 21.9. The Balaban J connectivity index is 1.60. The molecule has 3 saturated carbocycles. The van der Waals surface area contributed by atoms with Crippen LogP contribution in [0.25, 0.3) is 11.4 Å². The zero-order chi connectivity index (χ0) is 23.6. The lowest BCUT2D eigenvalue weighted by Crippen LogP contribution is -2.45. The molecule has 2 nitrogen and oxygen atoms in total. The molecule has 0 atom stereocenters. The van der Waals surface area contributed by atoms with Crippen LogP contribution in [0.4, 0.5) is 0 Å². The largest absolute Gasteiger partial charge is 0.270 e. The third kappa shape index (κ3) is 2.98. The van der Waals surface area contributed by atoms with Crippen molar-refractivity contribution in [2.24, 2.45) is 11.8 Å². The van der Waals surface area contributed by atoms with Gasteiger partial charge in [0.1, 0.15) is 17.1 Å². The molecule has 0 N–H and O–H groups in total. The lowest BCUT2D eigenvalue weighted by molar-refractivity contribution is -0.610. The van der Waals surface area contributed by atoms with Gasteiger partial charge in [-0.05, 0) is 75.0 Å². The predicted octanol–water partition coefficient (Wildman–Crippen LogP) is 8.01. The number of aromatic nitrogens is 2. The van der Waals surface area contributed by atoms with Gasteiger partial charge in [-0.15, -0.1) is 0 Å². The summed E-state index contributed by atoms with van der Waals surface area (Å²) < 4.78 is 5.57. The maximum absolute atomic E-state index is 2.84. The van der Waals surface area contributed by atoms with Crippen LogP contribution in [-0.2, 0) is 5.41 Å². The number of rotatable bonds is 4. The van der Waals surface area contributed by atoms with E-state index in [1.165, 1.54) is 99.7 Å². The number of imidazole rings is 1. The second-order valence-electron chi connectivity index (χ2n) is 12.1. The van der Waals surface area contributed by atoms with E-state index >= 15 is 0 Å². The Morgan fingerprint density at radius 1 is 0.714 bits per heavy atom. The van der Waals surface area contributed by atoms with Gasteiger partial charge in [0.25, 0.3) is 5.82 Å². The maximum atomic E-state index is 2.84. The minimum atomic E-state index is 0.189. The van der Waals surface area contributed by atoms with E-state index in [2.05, 4.69) is 71.5 Å². The van der Waals surface area contributed by atoms with Gasteiger partial charge in [-0.2, -0.15) is 9.13 Å². The van der Waals surface area contributed by atoms with Gasteiger partial charge in [-0.25, -0.2) is 0 Å². The molecular formula is C33H41N2+. The van der Waals surface area contributed by atoms with Crippen molar-refractivity contribution in [2.45, 2.75) is 102 Å². The standard InChI is InChI=1S/C33H41N2/c1-23-13-3-11-21-29(23)34-24(2)31-33(26-16-6-7-17-26,27-18-8-9-19-27)28-20-10-12-22-30(28)35(31)32(34)25-14-4-5-15-25/h3,10-13,20-22,25-27H,4-9,14-19H2,1-2H3/q+1. The van der Waals surface area contributed by atoms with Gasteiger partial charge in [-0.1, -0.05) is 74.9 Å². The van der Waals surface area contributed by atoms with Crippen molar-refractivity contribution >= 4 is 0 Å². The molecule has 0 unspecified atom stereocenters. The Kier molecular flexibility index (Phi) is 5.23. The smallest absolute Gasteiger partial charge is 0.196 e. The molecule has 0 radical (unpaired) electrons. The molecule has 2 heteroatoms. The molecule has 0 amide bonds. The first-order chi connectivity index (χ1) is 17.2. The summed E-state index contributed by atoms with van der Waals surface area (Å²) >= 11 is 0. The molecule has 3 aromatic rings. The number of hydrogen-bond acceptors (Lipinski definition) is 0. The Hall–Kier alpha value is -2.35. The maximum Gasteiger partial charge on any atom is 0.270 e. The van der Waals surface area contributed by atoms with E-state index in [-0.39, 0.29) is 5.41 Å². The van der Waals surface area contributed by atoms with Crippen molar-refractivity contribution < 1.29 is 4.57 Å². The fraction of sp³-hybridized carbons (Fsp3) is 0.545. The highest BCUT2D eigenvalue weighted by molar-refractivity contribution is 5.55. The summed E-state index contributed by atoms with van der Waals surface area (Å²) in [5.74, 6) is 3.79. The van der Waals surface area contributed by atoms with Crippen LogP contribution in [0, 0.1) is 25.7 Å². The molecule has 1 aliphatic heterocycles. The van der Waals surface area contributed by atoms with Crippen molar-refractivity contribution in [3.8, 4) is 11.4 Å². The lowest BCUT2D eigenvalue weighted by atomic mass is 9.60. The van der Waals surface area contributed by atoms with Gasteiger partial charge in [-0.3, -0.25) is 0 Å². The number of aryl methyl sites for hydroxylation is 1. The quantitative estimate of drug-likeness (QED) is 0.345. The summed E-state index contributed by atoms with van der Waals surface area (Å²) in [5.41, 5.74) is 9.38. The molecule has 0 spiro atoms. The summed E-state index contributed by atoms with van der Waals surface area (Å²) in [7, 11) is 0. The lowest BCUT2D eigenvalue weighted by Gasteiger charge is -2.40. The summed E-state index contributed by atoms with van der Waals surface area (Å²) in [5, 5.41) is 0. The highest BCUT2D eigenvalue weighted by Crippen LogP contribution is 2.59. The zero-order valence-electron chi connectivity index (χ0n) is 21.7. The topological polar surface area (TPSA) is 8.81 Å². The summed E-state index contributed by atoms with van der Waals surface area (Å²) in [6.45, 7) is 4.78. The molecule has 35 heavy (non-hydrogen) atoms. The number of para-hydroxylation sites is 2. The van der Waals surface area contributed by atoms with Gasteiger partial charge in [0.05, 0.1) is 11.3 Å². The zero-order valence-corrected chi connectivity index (χ0v) is 21.7. The number of nitrogens with zero attached hydrogens (tertiary/aromatic N) is 2. The molecule has 0 bridgehead atoms. The first-order valence-electron chi connectivity index (χ1n) is 14.6. The van der Waals surface area contributed by atoms with Crippen LogP contribution in [0.2, 0.25) is 0 Å². The molecule has 1 aromatic heterocycles. The third-order valence-corrected chi connectivity index (χ3v) is 10.4. The van der Waals surface area contributed by atoms with E-state index in [0.717, 1.165) is 11.8 Å². The van der Waals surface area contributed by atoms with Crippen LogP contribution in [0.1, 0.15) is 111 Å². The summed E-state index contributed by atoms with van der Waals surface area (Å²) in [6.07, 6.45) is 16.7. The van der Waals surface area contributed by atoms with Crippen molar-refractivity contribution in [2.75, 3.05) is 0 Å². The fourth-order valence-corrected chi connectivity index (χ4v) is 9.12.